The van der Waals surface area contributed by atoms with Crippen LogP contribution in [0.2, 0.25) is 0 Å². The van der Waals surface area contributed by atoms with Gasteiger partial charge in [0.25, 0.3) is 11.5 Å². The number of benzene rings is 2. The largest absolute Gasteiger partial charge is 0.457 e. The number of aromatic nitrogens is 1. The van der Waals surface area contributed by atoms with Crippen molar-refractivity contribution in [3.05, 3.63) is 90.8 Å². The van der Waals surface area contributed by atoms with E-state index >= 15 is 0 Å². The number of halogens is 4. The Morgan fingerprint density at radius 3 is 2.48 bits per heavy atom. The van der Waals surface area contributed by atoms with Crippen LogP contribution in [0.1, 0.15) is 44.3 Å². The minimum Gasteiger partial charge on any atom is -0.457 e. The van der Waals surface area contributed by atoms with E-state index < -0.39 is 29.4 Å². The maximum absolute atomic E-state index is 13.5. The van der Waals surface area contributed by atoms with Gasteiger partial charge in [-0.15, -0.1) is 0 Å². The molecule has 1 unspecified atom stereocenters. The van der Waals surface area contributed by atoms with Crippen molar-refractivity contribution in [2.75, 3.05) is 7.05 Å². The Morgan fingerprint density at radius 2 is 1.82 bits per heavy atom. The topological polar surface area (TPSA) is 51.5 Å². The highest BCUT2D eigenvalue weighted by molar-refractivity contribution is 9.10. The number of carbonyl (C=O) groups is 1. The zero-order chi connectivity index (χ0) is 24.2. The van der Waals surface area contributed by atoms with E-state index in [9.17, 15) is 22.8 Å². The Morgan fingerprint density at radius 1 is 1.12 bits per heavy atom. The minimum absolute atomic E-state index is 0.366. The summed E-state index contributed by atoms with van der Waals surface area (Å²) in [6, 6.07) is 11.5. The van der Waals surface area contributed by atoms with E-state index in [4.69, 9.17) is 4.74 Å². The quantitative estimate of drug-likeness (QED) is 0.432. The van der Waals surface area contributed by atoms with Gasteiger partial charge in [-0.2, -0.15) is 13.2 Å². The standard InChI is InChI=1S/C24H20BrF3N2O3/c1-12-8-9-14-18(10-12)33-17-7-5-6-13(2)19(17)20(14)29(3)22(31)15-11-16(25)21(24(26,27)28)30(4)23(15)32/h5-11,20H,1-4H3. The SMILES string of the molecule is Cc1ccc2c(c1)Oc1cccc(C)c1C2N(C)C(=O)c1cc(Br)c(C(F)(F)F)n(C)c1=O. The van der Waals surface area contributed by atoms with Gasteiger partial charge in [-0.05, 0) is 59.1 Å². The third-order valence-electron chi connectivity index (χ3n) is 5.82. The first-order chi connectivity index (χ1) is 15.4. The summed E-state index contributed by atoms with van der Waals surface area (Å²) in [5.41, 5.74) is 0.787. The smallest absolute Gasteiger partial charge is 0.432 e. The van der Waals surface area contributed by atoms with E-state index in [0.29, 0.717) is 16.1 Å². The lowest BCUT2D eigenvalue weighted by molar-refractivity contribution is -0.144. The first-order valence-corrected chi connectivity index (χ1v) is 10.8. The van der Waals surface area contributed by atoms with Crippen molar-refractivity contribution < 1.29 is 22.7 Å². The molecule has 1 atom stereocenters. The normalized spacial score (nSPS) is 14.8. The van der Waals surface area contributed by atoms with E-state index in [0.717, 1.165) is 35.4 Å². The van der Waals surface area contributed by atoms with Gasteiger partial charge in [0.15, 0.2) is 0 Å². The second kappa shape index (κ2) is 8.06. The van der Waals surface area contributed by atoms with Gasteiger partial charge in [0, 0.05) is 29.7 Å². The molecular weight excluding hydrogens is 501 g/mol. The molecule has 172 valence electrons. The van der Waals surface area contributed by atoms with E-state index in [2.05, 4.69) is 15.9 Å². The third-order valence-corrected chi connectivity index (χ3v) is 6.42. The highest BCUT2D eigenvalue weighted by Gasteiger charge is 2.39. The molecule has 2 heterocycles. The molecule has 33 heavy (non-hydrogen) atoms. The van der Waals surface area contributed by atoms with Crippen LogP contribution in [0.4, 0.5) is 13.2 Å². The molecule has 4 rings (SSSR count). The lowest BCUT2D eigenvalue weighted by atomic mass is 9.89. The van der Waals surface area contributed by atoms with Crippen LogP contribution in [-0.4, -0.2) is 22.4 Å². The van der Waals surface area contributed by atoms with Crippen LogP contribution in [-0.2, 0) is 13.2 Å². The summed E-state index contributed by atoms with van der Waals surface area (Å²) < 4.78 is 46.3. The second-order valence-corrected chi connectivity index (χ2v) is 8.92. The Balaban J connectivity index is 1.87. The van der Waals surface area contributed by atoms with Crippen molar-refractivity contribution in [3.8, 4) is 11.5 Å². The van der Waals surface area contributed by atoms with Gasteiger partial charge in [-0.25, -0.2) is 0 Å². The predicted molar refractivity (Wildman–Crippen MR) is 121 cm³/mol. The molecule has 0 saturated heterocycles. The van der Waals surface area contributed by atoms with Gasteiger partial charge in [-0.1, -0.05) is 24.3 Å². The maximum Gasteiger partial charge on any atom is 0.432 e. The molecule has 0 aliphatic carbocycles. The Labute approximate surface area is 196 Å². The molecule has 3 aromatic rings. The summed E-state index contributed by atoms with van der Waals surface area (Å²) in [4.78, 5) is 27.7. The van der Waals surface area contributed by atoms with Gasteiger partial charge in [0.2, 0.25) is 0 Å². The van der Waals surface area contributed by atoms with Crippen LogP contribution in [0.25, 0.3) is 0 Å². The van der Waals surface area contributed by atoms with Crippen molar-refractivity contribution in [3.63, 3.8) is 0 Å². The summed E-state index contributed by atoms with van der Waals surface area (Å²) in [6.07, 6.45) is -4.76. The molecule has 1 amide bonds. The van der Waals surface area contributed by atoms with Crippen LogP contribution < -0.4 is 10.3 Å². The molecular formula is C24H20BrF3N2O3. The number of nitrogens with zero attached hydrogens (tertiary/aromatic N) is 2. The van der Waals surface area contributed by atoms with Crippen molar-refractivity contribution in [1.82, 2.24) is 9.47 Å². The molecule has 0 radical (unpaired) electrons. The van der Waals surface area contributed by atoms with Crippen LogP contribution in [0.3, 0.4) is 0 Å². The van der Waals surface area contributed by atoms with Gasteiger partial charge < -0.3 is 14.2 Å². The van der Waals surface area contributed by atoms with E-state index in [-0.39, 0.29) is 10.0 Å². The summed E-state index contributed by atoms with van der Waals surface area (Å²) in [5.74, 6) is 0.469. The molecule has 0 fully saturated rings. The summed E-state index contributed by atoms with van der Waals surface area (Å²) in [7, 11) is 2.53. The van der Waals surface area contributed by atoms with E-state index in [1.165, 1.54) is 11.9 Å². The van der Waals surface area contributed by atoms with Crippen LogP contribution in [0.5, 0.6) is 11.5 Å². The number of ether oxygens (including phenoxy) is 1. The summed E-state index contributed by atoms with van der Waals surface area (Å²) in [5, 5.41) is 0. The van der Waals surface area contributed by atoms with E-state index in [1.807, 2.05) is 44.2 Å². The fourth-order valence-electron chi connectivity index (χ4n) is 4.21. The molecule has 0 bridgehead atoms. The Bertz CT molecular complexity index is 1350. The predicted octanol–water partition coefficient (Wildman–Crippen LogP) is 5.75. The maximum atomic E-state index is 13.5. The lowest BCUT2D eigenvalue weighted by Crippen LogP contribution is -2.39. The van der Waals surface area contributed by atoms with Crippen molar-refractivity contribution in [2.24, 2.45) is 7.05 Å². The molecule has 0 spiro atoms. The summed E-state index contributed by atoms with van der Waals surface area (Å²) >= 11 is 2.88. The third kappa shape index (κ3) is 3.84. The van der Waals surface area contributed by atoms with Gasteiger partial charge in [0.05, 0.1) is 6.04 Å². The molecule has 5 nitrogen and oxygen atoms in total. The summed E-state index contributed by atoms with van der Waals surface area (Å²) in [6.45, 7) is 3.81. The van der Waals surface area contributed by atoms with Crippen molar-refractivity contribution in [1.29, 1.82) is 0 Å². The van der Waals surface area contributed by atoms with Gasteiger partial charge in [-0.3, -0.25) is 9.59 Å². The number of hydrogen-bond donors (Lipinski definition) is 0. The monoisotopic (exact) mass is 520 g/mol. The fourth-order valence-corrected chi connectivity index (χ4v) is 4.93. The molecule has 1 aromatic heterocycles. The lowest BCUT2D eigenvalue weighted by Gasteiger charge is -2.36. The van der Waals surface area contributed by atoms with Crippen molar-refractivity contribution >= 4 is 21.8 Å². The molecule has 0 N–H and O–H groups in total. The fraction of sp³-hybridized carbons (Fsp3) is 0.250. The number of rotatable bonds is 2. The van der Waals surface area contributed by atoms with Crippen LogP contribution in [0.15, 0.2) is 51.7 Å². The second-order valence-electron chi connectivity index (χ2n) is 8.07. The van der Waals surface area contributed by atoms with Crippen LogP contribution >= 0.6 is 15.9 Å². The number of fused-ring (bicyclic) bond motifs is 2. The number of amides is 1. The first kappa shape index (κ1) is 23.1. The average Bonchev–Trinajstić information content (AvgIpc) is 2.73. The zero-order valence-electron chi connectivity index (χ0n) is 18.2. The molecule has 0 saturated carbocycles. The molecule has 1 aliphatic heterocycles. The average molecular weight is 521 g/mol. The van der Waals surface area contributed by atoms with Crippen LogP contribution in [0, 0.1) is 13.8 Å². The Kier molecular flexibility index (Phi) is 5.64. The highest BCUT2D eigenvalue weighted by Crippen LogP contribution is 2.47. The zero-order valence-corrected chi connectivity index (χ0v) is 19.8. The van der Waals surface area contributed by atoms with Gasteiger partial charge in [0.1, 0.15) is 22.8 Å². The molecule has 2 aromatic carbocycles. The molecule has 9 heteroatoms. The minimum atomic E-state index is -4.76. The number of hydrogen-bond acceptors (Lipinski definition) is 3. The molecule has 1 aliphatic rings. The number of alkyl halides is 3. The van der Waals surface area contributed by atoms with Gasteiger partial charge >= 0.3 is 6.18 Å². The highest BCUT2D eigenvalue weighted by atomic mass is 79.9. The van der Waals surface area contributed by atoms with E-state index in [1.54, 1.807) is 6.07 Å². The first-order valence-electron chi connectivity index (χ1n) is 10.0. The number of carbonyl (C=O) groups excluding carboxylic acids is 1. The number of pyridine rings is 1. The van der Waals surface area contributed by atoms with Crippen molar-refractivity contribution in [2.45, 2.75) is 26.1 Å². The Hall–Kier alpha value is -3.07. The number of aryl methyl sites for hydroxylation is 2.